The van der Waals surface area contributed by atoms with Crippen LogP contribution in [0, 0.1) is 0 Å². The first-order chi connectivity index (χ1) is 9.02. The van der Waals surface area contributed by atoms with E-state index in [0.29, 0.717) is 12.1 Å². The maximum absolute atomic E-state index is 11.9. The highest BCUT2D eigenvalue weighted by Gasteiger charge is 2.10. The summed E-state index contributed by atoms with van der Waals surface area (Å²) in [5.41, 5.74) is 1.50. The Morgan fingerprint density at radius 2 is 2.11 bits per heavy atom. The number of aryl methyl sites for hydroxylation is 1. The lowest BCUT2D eigenvalue weighted by Gasteiger charge is -2.08. The molecule has 2 rings (SSSR count). The molecule has 0 spiro atoms. The lowest BCUT2D eigenvalue weighted by atomic mass is 10.2. The zero-order valence-corrected chi connectivity index (χ0v) is 12.1. The zero-order chi connectivity index (χ0) is 13.9. The van der Waals surface area contributed by atoms with Gasteiger partial charge in [0.05, 0.1) is 23.2 Å². The summed E-state index contributed by atoms with van der Waals surface area (Å²) >= 11 is 0. The van der Waals surface area contributed by atoms with Crippen molar-refractivity contribution in [2.45, 2.75) is 26.2 Å². The summed E-state index contributed by atoms with van der Waals surface area (Å²) < 4.78 is 28.1. The average Bonchev–Trinajstić information content (AvgIpc) is 2.71. The van der Waals surface area contributed by atoms with Gasteiger partial charge >= 0.3 is 0 Å². The number of hydrogen-bond acceptors (Lipinski definition) is 3. The van der Waals surface area contributed by atoms with Crippen LogP contribution < -0.4 is 4.72 Å². The molecule has 5 nitrogen and oxygen atoms in total. The minimum absolute atomic E-state index is 0.171. The van der Waals surface area contributed by atoms with Gasteiger partial charge in [-0.05, 0) is 24.6 Å². The van der Waals surface area contributed by atoms with Crippen LogP contribution in [0.3, 0.4) is 0 Å². The number of hydrogen-bond donors (Lipinski definition) is 1. The van der Waals surface area contributed by atoms with Crippen LogP contribution in [0.1, 0.15) is 26.2 Å². The van der Waals surface area contributed by atoms with Gasteiger partial charge in [-0.25, -0.2) is 8.42 Å². The van der Waals surface area contributed by atoms with Crippen LogP contribution in [-0.4, -0.2) is 24.0 Å². The first-order valence-corrected chi connectivity index (χ1v) is 8.09. The molecule has 0 aliphatic rings. The molecule has 0 atom stereocenters. The molecule has 1 N–H and O–H groups in total. The number of rotatable bonds is 6. The van der Waals surface area contributed by atoms with Crippen molar-refractivity contribution < 1.29 is 8.42 Å². The zero-order valence-electron chi connectivity index (χ0n) is 11.3. The Morgan fingerprint density at radius 3 is 2.84 bits per heavy atom. The minimum Gasteiger partial charge on any atom is -0.283 e. The molecule has 104 valence electrons. The highest BCUT2D eigenvalue weighted by molar-refractivity contribution is 7.92. The van der Waals surface area contributed by atoms with E-state index in [1.807, 2.05) is 13.1 Å². The van der Waals surface area contributed by atoms with Crippen LogP contribution >= 0.6 is 0 Å². The fraction of sp³-hybridized carbons (Fsp3) is 0.462. The van der Waals surface area contributed by atoms with E-state index in [-0.39, 0.29) is 5.75 Å². The number of aromatic nitrogens is 2. The Morgan fingerprint density at radius 1 is 1.32 bits per heavy atom. The second kappa shape index (κ2) is 5.61. The fourth-order valence-electron chi connectivity index (χ4n) is 1.98. The van der Waals surface area contributed by atoms with E-state index in [9.17, 15) is 8.42 Å². The number of nitrogens with one attached hydrogen (secondary N) is 1. The van der Waals surface area contributed by atoms with Gasteiger partial charge in [-0.3, -0.25) is 9.40 Å². The summed E-state index contributed by atoms with van der Waals surface area (Å²) in [5.74, 6) is 0.171. The Balaban J connectivity index is 2.14. The highest BCUT2D eigenvalue weighted by Crippen LogP contribution is 2.19. The van der Waals surface area contributed by atoms with Crippen molar-refractivity contribution in [1.82, 2.24) is 9.78 Å². The molecule has 0 saturated carbocycles. The number of unbranched alkanes of at least 4 members (excludes halogenated alkanes) is 2. The van der Waals surface area contributed by atoms with Gasteiger partial charge in [0.15, 0.2) is 0 Å². The Kier molecular flexibility index (Phi) is 4.09. The van der Waals surface area contributed by atoms with E-state index < -0.39 is 10.0 Å². The predicted octanol–water partition coefficient (Wildman–Crippen LogP) is 2.51. The molecule has 0 aliphatic heterocycles. The van der Waals surface area contributed by atoms with Gasteiger partial charge in [0.2, 0.25) is 10.0 Å². The molecule has 6 heteroatoms. The van der Waals surface area contributed by atoms with Crippen molar-refractivity contribution in [3.63, 3.8) is 0 Å². The standard InChI is InChI=1S/C13H19N3O2S/c1-3-4-5-8-19(17,18)15-12-7-6-11-10-14-16(2)13(11)9-12/h6-7,9-10,15H,3-5,8H2,1-2H3. The van der Waals surface area contributed by atoms with E-state index in [2.05, 4.69) is 16.7 Å². The van der Waals surface area contributed by atoms with Crippen molar-refractivity contribution in [3.05, 3.63) is 24.4 Å². The van der Waals surface area contributed by atoms with E-state index >= 15 is 0 Å². The summed E-state index contributed by atoms with van der Waals surface area (Å²) in [5, 5.41) is 5.13. The molecule has 0 unspecified atom stereocenters. The smallest absolute Gasteiger partial charge is 0.232 e. The summed E-state index contributed by atoms with van der Waals surface area (Å²) in [4.78, 5) is 0. The van der Waals surface area contributed by atoms with Crippen LogP contribution in [-0.2, 0) is 17.1 Å². The maximum atomic E-state index is 11.9. The third kappa shape index (κ3) is 3.47. The molecule has 0 bridgehead atoms. The SMILES string of the molecule is CCCCCS(=O)(=O)Nc1ccc2cnn(C)c2c1. The first-order valence-electron chi connectivity index (χ1n) is 6.44. The van der Waals surface area contributed by atoms with Gasteiger partial charge in [0, 0.05) is 12.4 Å². The van der Waals surface area contributed by atoms with Gasteiger partial charge < -0.3 is 0 Å². The predicted molar refractivity (Wildman–Crippen MR) is 77.6 cm³/mol. The molecule has 1 aromatic carbocycles. The van der Waals surface area contributed by atoms with Crippen molar-refractivity contribution >= 4 is 26.6 Å². The molecular formula is C13H19N3O2S. The van der Waals surface area contributed by atoms with E-state index in [1.54, 1.807) is 23.0 Å². The molecule has 0 amide bonds. The summed E-state index contributed by atoms with van der Waals surface area (Å²) in [7, 11) is -1.42. The van der Waals surface area contributed by atoms with Crippen LogP contribution in [0.25, 0.3) is 10.9 Å². The lowest BCUT2D eigenvalue weighted by Crippen LogP contribution is -2.16. The first kappa shape index (κ1) is 13.9. The number of sulfonamides is 1. The van der Waals surface area contributed by atoms with Crippen LogP contribution in [0.5, 0.6) is 0 Å². The van der Waals surface area contributed by atoms with Crippen LogP contribution in [0.15, 0.2) is 24.4 Å². The molecule has 19 heavy (non-hydrogen) atoms. The molecule has 0 radical (unpaired) electrons. The van der Waals surface area contributed by atoms with Gasteiger partial charge in [-0.1, -0.05) is 19.8 Å². The summed E-state index contributed by atoms with van der Waals surface area (Å²) in [6, 6.07) is 5.44. The van der Waals surface area contributed by atoms with Crippen molar-refractivity contribution in [1.29, 1.82) is 0 Å². The third-order valence-corrected chi connectivity index (χ3v) is 4.41. The number of fused-ring (bicyclic) bond motifs is 1. The molecule has 1 heterocycles. The Hall–Kier alpha value is -1.56. The van der Waals surface area contributed by atoms with Gasteiger partial charge in [-0.15, -0.1) is 0 Å². The molecule has 0 saturated heterocycles. The monoisotopic (exact) mass is 281 g/mol. The number of nitrogens with zero attached hydrogens (tertiary/aromatic N) is 2. The molecule has 1 aromatic heterocycles. The average molecular weight is 281 g/mol. The van der Waals surface area contributed by atoms with Gasteiger partial charge in [0.25, 0.3) is 0 Å². The summed E-state index contributed by atoms with van der Waals surface area (Å²) in [6.45, 7) is 2.05. The highest BCUT2D eigenvalue weighted by atomic mass is 32.2. The second-order valence-corrected chi connectivity index (χ2v) is 6.51. The Bertz CT molecular complexity index is 662. The van der Waals surface area contributed by atoms with Crippen molar-refractivity contribution in [3.8, 4) is 0 Å². The van der Waals surface area contributed by atoms with Crippen molar-refractivity contribution in [2.24, 2.45) is 7.05 Å². The molecule has 0 aliphatic carbocycles. The largest absolute Gasteiger partial charge is 0.283 e. The second-order valence-electron chi connectivity index (χ2n) is 4.67. The lowest BCUT2D eigenvalue weighted by molar-refractivity contribution is 0.596. The molecule has 2 aromatic rings. The van der Waals surface area contributed by atoms with E-state index in [1.165, 1.54) is 0 Å². The van der Waals surface area contributed by atoms with Gasteiger partial charge in [-0.2, -0.15) is 5.10 Å². The Labute approximate surface area is 113 Å². The van der Waals surface area contributed by atoms with Crippen LogP contribution in [0.4, 0.5) is 5.69 Å². The topological polar surface area (TPSA) is 64.0 Å². The number of benzene rings is 1. The molecule has 0 fully saturated rings. The molecular weight excluding hydrogens is 262 g/mol. The normalized spacial score (nSPS) is 11.9. The quantitative estimate of drug-likeness (QED) is 0.827. The maximum Gasteiger partial charge on any atom is 0.232 e. The van der Waals surface area contributed by atoms with E-state index in [0.717, 1.165) is 23.7 Å². The van der Waals surface area contributed by atoms with Crippen LogP contribution in [0.2, 0.25) is 0 Å². The van der Waals surface area contributed by atoms with E-state index in [4.69, 9.17) is 0 Å². The fourth-order valence-corrected chi connectivity index (χ4v) is 3.15. The van der Waals surface area contributed by atoms with Crippen molar-refractivity contribution in [2.75, 3.05) is 10.5 Å². The minimum atomic E-state index is -3.25. The van der Waals surface area contributed by atoms with Gasteiger partial charge in [0.1, 0.15) is 0 Å². The third-order valence-electron chi connectivity index (χ3n) is 3.04. The number of anilines is 1. The summed E-state index contributed by atoms with van der Waals surface area (Å²) in [6.07, 6.45) is 4.40.